The van der Waals surface area contributed by atoms with Gasteiger partial charge in [0.15, 0.2) is 0 Å². The second-order valence-corrected chi connectivity index (χ2v) is 13.5. The molecule has 0 aromatic heterocycles. The van der Waals surface area contributed by atoms with Crippen molar-refractivity contribution in [2.45, 2.75) is 9.79 Å². The summed E-state index contributed by atoms with van der Waals surface area (Å²) in [6.45, 7) is 0. The van der Waals surface area contributed by atoms with Crippen LogP contribution < -0.4 is 31.6 Å². The molecule has 2 N–H and O–H groups in total. The molecule has 0 atom stereocenters. The molecule has 2 nitrogen and oxygen atoms in total. The van der Waals surface area contributed by atoms with E-state index in [1.54, 1.807) is 0 Å². The number of aromatic nitrogens is 2. The van der Waals surface area contributed by atoms with E-state index in [1.807, 2.05) is 11.8 Å². The third-order valence-electron chi connectivity index (χ3n) is 5.86. The first-order chi connectivity index (χ1) is 14.7. The number of halogens is 4. The Morgan fingerprint density at radius 3 is 2.12 bits per heavy atom. The molecule has 0 amide bonds. The van der Waals surface area contributed by atoms with Crippen molar-refractivity contribution in [3.8, 4) is 22.3 Å². The van der Waals surface area contributed by atoms with E-state index in [0.29, 0.717) is 0 Å². The van der Waals surface area contributed by atoms with E-state index in [1.165, 1.54) is 60.4 Å². The van der Waals surface area contributed by atoms with E-state index in [-0.39, 0.29) is 24.8 Å². The maximum atomic E-state index is 3.73. The average Bonchev–Trinajstić information content (AvgIpc) is 3.26. The SMILES string of the molecule is Brc1cc2cc3c4cccc3c-2[c]([nH]1)[Zr+2][c]1[nH]c(Br)cc2cc3cccc(c3c1-2)S4.[Cl-].[Cl-]. The van der Waals surface area contributed by atoms with Crippen molar-refractivity contribution < 1.29 is 48.0 Å². The molecular formula is C24H12Br2Cl2N2SZr. The van der Waals surface area contributed by atoms with Crippen LogP contribution in [0.25, 0.3) is 43.8 Å². The summed E-state index contributed by atoms with van der Waals surface area (Å²) in [5.74, 6) is 0. The average molecular weight is 682 g/mol. The van der Waals surface area contributed by atoms with Crippen molar-refractivity contribution in [2.24, 2.45) is 0 Å². The van der Waals surface area contributed by atoms with Gasteiger partial charge in [-0.2, -0.15) is 0 Å². The summed E-state index contributed by atoms with van der Waals surface area (Å²) in [6.07, 6.45) is 0. The number of pyridine rings is 2. The van der Waals surface area contributed by atoms with Gasteiger partial charge in [-0.15, -0.1) is 0 Å². The summed E-state index contributed by atoms with van der Waals surface area (Å²) in [4.78, 5) is 10.0. The van der Waals surface area contributed by atoms with Gasteiger partial charge in [-0.1, -0.05) is 0 Å². The van der Waals surface area contributed by atoms with Gasteiger partial charge in [0.25, 0.3) is 0 Å². The minimum absolute atomic E-state index is 0. The van der Waals surface area contributed by atoms with Gasteiger partial charge < -0.3 is 24.8 Å². The van der Waals surface area contributed by atoms with Crippen LogP contribution >= 0.6 is 43.6 Å². The van der Waals surface area contributed by atoms with Gasteiger partial charge >= 0.3 is 207 Å². The van der Waals surface area contributed by atoms with E-state index < -0.39 is 23.2 Å². The first kappa shape index (κ1) is 23.0. The summed E-state index contributed by atoms with van der Waals surface area (Å²) in [7, 11) is 0. The van der Waals surface area contributed by atoms with Gasteiger partial charge in [-0.3, -0.25) is 0 Å². The van der Waals surface area contributed by atoms with Gasteiger partial charge in [0.1, 0.15) is 0 Å². The molecular weight excluding hydrogens is 670 g/mol. The quantitative estimate of drug-likeness (QED) is 0.229. The molecule has 8 heteroatoms. The number of hydrogen-bond donors (Lipinski definition) is 2. The van der Waals surface area contributed by atoms with Crippen LogP contribution in [0.2, 0.25) is 0 Å². The minimum Gasteiger partial charge on any atom is -1.00 e. The summed E-state index contributed by atoms with van der Waals surface area (Å²) < 4.78 is 4.88. The van der Waals surface area contributed by atoms with Gasteiger partial charge in [-0.05, 0) is 0 Å². The van der Waals surface area contributed by atoms with Gasteiger partial charge in [0.2, 0.25) is 0 Å². The van der Waals surface area contributed by atoms with Crippen LogP contribution in [0.3, 0.4) is 0 Å². The Morgan fingerprint density at radius 1 is 0.688 bits per heavy atom. The van der Waals surface area contributed by atoms with Crippen molar-refractivity contribution in [2.75, 3.05) is 0 Å². The van der Waals surface area contributed by atoms with Crippen LogP contribution in [0.5, 0.6) is 0 Å². The van der Waals surface area contributed by atoms with Gasteiger partial charge in [0.05, 0.1) is 0 Å². The number of nitrogens with one attached hydrogen (secondary N) is 2. The summed E-state index contributed by atoms with van der Waals surface area (Å²) in [5, 5.41) is 5.40. The summed E-state index contributed by atoms with van der Waals surface area (Å²) in [6, 6.07) is 22.6. The second-order valence-electron chi connectivity index (χ2n) is 7.60. The van der Waals surface area contributed by atoms with Crippen molar-refractivity contribution in [3.05, 3.63) is 69.9 Å². The molecule has 0 unspecified atom stereocenters. The fourth-order valence-corrected chi connectivity index (χ4v) is 11.2. The standard InChI is InChI=1S/C24H12Br2N2S.2ClH.Zr/c25-22-9-14-7-13-3-1-6-21(24(13)19(14)12-28-22)29-20-5-2-4-16-17(20)8-15-10-23(26)27-11-18(15)16;;;/h1-10,27-28H;2*1H;/q;;;+2/p-2. The van der Waals surface area contributed by atoms with Gasteiger partial charge in [0, 0.05) is 0 Å². The Balaban J connectivity index is 0.00000108. The number of aromatic amines is 2. The summed E-state index contributed by atoms with van der Waals surface area (Å²) in [5.41, 5.74) is 5.40. The third kappa shape index (κ3) is 3.37. The zero-order valence-corrected chi connectivity index (χ0v) is 24.2. The minimum atomic E-state index is -1.17. The van der Waals surface area contributed by atoms with E-state index in [2.05, 4.69) is 102 Å². The fourth-order valence-electron chi connectivity index (χ4n) is 4.70. The molecule has 0 saturated carbocycles. The molecule has 5 aliphatic rings. The Kier molecular flexibility index (Phi) is 6.10. The monoisotopic (exact) mass is 678 g/mol. The molecule has 0 fully saturated rings. The van der Waals surface area contributed by atoms with Crippen molar-refractivity contribution in [1.29, 1.82) is 0 Å². The molecule has 32 heavy (non-hydrogen) atoms. The Morgan fingerprint density at radius 2 is 1.34 bits per heavy atom. The van der Waals surface area contributed by atoms with Crippen LogP contribution in [0.1, 0.15) is 0 Å². The van der Waals surface area contributed by atoms with Crippen molar-refractivity contribution in [3.63, 3.8) is 0 Å². The zero-order chi connectivity index (χ0) is 20.0. The number of hydrogen-bond acceptors (Lipinski definition) is 1. The Bertz CT molecular complexity index is 1590. The van der Waals surface area contributed by atoms with Crippen LogP contribution in [0.4, 0.5) is 0 Å². The topological polar surface area (TPSA) is 31.6 Å². The van der Waals surface area contributed by atoms with E-state index in [4.69, 9.17) is 0 Å². The Labute approximate surface area is 229 Å². The molecule has 0 radical (unpaired) electrons. The van der Waals surface area contributed by atoms with Crippen LogP contribution in [-0.2, 0) is 23.2 Å². The normalized spacial score (nSPS) is 12.1. The maximum Gasteiger partial charge on any atom is -1.00 e. The third-order valence-corrected chi connectivity index (χ3v) is 10.9. The largest absolute Gasteiger partial charge is 1.00 e. The first-order valence-electron chi connectivity index (χ1n) is 9.58. The molecule has 3 aliphatic heterocycles. The molecule has 156 valence electrons. The van der Waals surface area contributed by atoms with Crippen molar-refractivity contribution in [1.82, 2.24) is 9.97 Å². The van der Waals surface area contributed by atoms with Crippen LogP contribution in [0.15, 0.2) is 79.7 Å². The first-order valence-corrected chi connectivity index (χ1v) is 14.4. The van der Waals surface area contributed by atoms with E-state index >= 15 is 0 Å². The molecule has 3 heterocycles. The van der Waals surface area contributed by atoms with Crippen LogP contribution in [-0.4, -0.2) is 9.97 Å². The Hall–Kier alpha value is -0.747. The molecule has 2 aromatic rings. The smallest absolute Gasteiger partial charge is 1.00 e. The predicted molar refractivity (Wildman–Crippen MR) is 129 cm³/mol. The molecule has 2 aromatic carbocycles. The number of benzene rings is 2. The molecule has 2 aliphatic carbocycles. The number of H-pyrrole nitrogens is 2. The fraction of sp³-hybridized carbons (Fsp3) is 0. The second kappa shape index (κ2) is 8.48. The van der Waals surface area contributed by atoms with Crippen molar-refractivity contribution >= 4 is 72.0 Å². The molecule has 7 rings (SSSR count). The molecule has 4 bridgehead atoms. The maximum absolute atomic E-state index is 3.73. The molecule has 0 spiro atoms. The zero-order valence-electron chi connectivity index (χ0n) is 16.2. The van der Waals surface area contributed by atoms with E-state index in [9.17, 15) is 0 Å². The number of rotatable bonds is 0. The predicted octanol–water partition coefficient (Wildman–Crippen LogP) is 0.890. The van der Waals surface area contributed by atoms with Gasteiger partial charge in [-0.25, -0.2) is 0 Å². The van der Waals surface area contributed by atoms with Crippen LogP contribution in [0, 0.1) is 0 Å². The van der Waals surface area contributed by atoms with E-state index in [0.717, 1.165) is 9.21 Å². The molecule has 0 saturated heterocycles. The summed E-state index contributed by atoms with van der Waals surface area (Å²) >= 11 is 8.18.